The molecule has 6 nitrogen and oxygen atoms in total. The van der Waals surface area contributed by atoms with E-state index in [2.05, 4.69) is 5.32 Å². The number of piperidine rings is 1. The van der Waals surface area contributed by atoms with Crippen LogP contribution in [0.15, 0.2) is 30.4 Å². The Morgan fingerprint density at radius 3 is 2.86 bits per heavy atom. The first-order valence-corrected chi connectivity index (χ1v) is 10.2. The first kappa shape index (κ1) is 19.0. The number of methoxy groups -OCH3 is 1. The van der Waals surface area contributed by atoms with Gasteiger partial charge in [-0.1, -0.05) is 12.2 Å². The lowest BCUT2D eigenvalue weighted by Crippen LogP contribution is -2.54. The Kier molecular flexibility index (Phi) is 5.40. The molecule has 1 aromatic carbocycles. The highest BCUT2D eigenvalue weighted by atomic mass is 16.5. The third-order valence-corrected chi connectivity index (χ3v) is 6.36. The minimum Gasteiger partial charge on any atom is -0.496 e. The van der Waals surface area contributed by atoms with Gasteiger partial charge in [0.25, 0.3) is 5.91 Å². The number of nitrogens with one attached hydrogen (secondary N) is 1. The summed E-state index contributed by atoms with van der Waals surface area (Å²) in [5.74, 6) is 1.47. The number of ether oxygens (including phenoxy) is 1. The lowest BCUT2D eigenvalue weighted by molar-refractivity contribution is -0.137. The number of carbonyl (C=O) groups excluding carboxylic acids is 2. The molecule has 3 unspecified atom stereocenters. The Labute approximate surface area is 166 Å². The van der Waals surface area contributed by atoms with Gasteiger partial charge in [0.2, 0.25) is 5.91 Å². The predicted octanol–water partition coefficient (Wildman–Crippen LogP) is 2.02. The van der Waals surface area contributed by atoms with E-state index < -0.39 is 0 Å². The summed E-state index contributed by atoms with van der Waals surface area (Å²) in [6, 6.07) is 5.62. The highest BCUT2D eigenvalue weighted by molar-refractivity contribution is 5.95. The van der Waals surface area contributed by atoms with E-state index in [0.29, 0.717) is 13.1 Å². The topological polar surface area (TPSA) is 61.9 Å². The van der Waals surface area contributed by atoms with Gasteiger partial charge in [0.15, 0.2) is 0 Å². The molecule has 1 N–H and O–H groups in total. The zero-order chi connectivity index (χ0) is 19.7. The van der Waals surface area contributed by atoms with Crippen molar-refractivity contribution in [3.8, 4) is 5.75 Å². The van der Waals surface area contributed by atoms with Crippen LogP contribution in [0.1, 0.15) is 41.6 Å². The molecular weight excluding hydrogens is 354 g/mol. The van der Waals surface area contributed by atoms with Gasteiger partial charge in [-0.15, -0.1) is 0 Å². The number of fused-ring (bicyclic) bond motifs is 1. The maximum absolute atomic E-state index is 12.9. The average molecular weight is 383 g/mol. The molecule has 6 heteroatoms. The highest BCUT2D eigenvalue weighted by Crippen LogP contribution is 2.41. The van der Waals surface area contributed by atoms with Crippen LogP contribution >= 0.6 is 0 Å². The average Bonchev–Trinajstić information content (AvgIpc) is 3.16. The van der Waals surface area contributed by atoms with Crippen LogP contribution in [0.5, 0.6) is 5.75 Å². The van der Waals surface area contributed by atoms with Gasteiger partial charge in [-0.2, -0.15) is 0 Å². The molecule has 0 spiro atoms. The number of rotatable bonds is 5. The molecular formula is C22H29N3O3. The van der Waals surface area contributed by atoms with Crippen LogP contribution in [0.25, 0.3) is 0 Å². The number of benzene rings is 1. The SMILES string of the molecule is C/C=C/CN1CC(c2cc(C(=O)N3CCC3)ccc2OC)C2CCNC2C1=O. The minimum atomic E-state index is -0.150. The predicted molar refractivity (Wildman–Crippen MR) is 108 cm³/mol. The molecule has 0 aromatic heterocycles. The Hall–Kier alpha value is -2.34. The van der Waals surface area contributed by atoms with Gasteiger partial charge >= 0.3 is 0 Å². The van der Waals surface area contributed by atoms with Crippen LogP contribution in [-0.4, -0.2) is 67.5 Å². The third kappa shape index (κ3) is 3.30. The van der Waals surface area contributed by atoms with Crippen LogP contribution < -0.4 is 10.1 Å². The number of amides is 2. The second-order valence-corrected chi connectivity index (χ2v) is 7.91. The van der Waals surface area contributed by atoms with Crippen LogP contribution in [-0.2, 0) is 4.79 Å². The van der Waals surface area contributed by atoms with Gasteiger partial charge in [0, 0.05) is 43.2 Å². The second-order valence-electron chi connectivity index (χ2n) is 7.91. The number of allylic oxidation sites excluding steroid dienone is 1. The van der Waals surface area contributed by atoms with Gasteiger partial charge in [-0.25, -0.2) is 0 Å². The molecule has 4 rings (SSSR count). The van der Waals surface area contributed by atoms with E-state index >= 15 is 0 Å². The third-order valence-electron chi connectivity index (χ3n) is 6.36. The number of carbonyl (C=O) groups is 2. The van der Waals surface area contributed by atoms with Crippen LogP contribution in [0.3, 0.4) is 0 Å². The largest absolute Gasteiger partial charge is 0.496 e. The summed E-state index contributed by atoms with van der Waals surface area (Å²) in [6.45, 7) is 5.77. The van der Waals surface area contributed by atoms with Crippen molar-refractivity contribution in [3.63, 3.8) is 0 Å². The standard InChI is InChI=1S/C22H29N3O3/c1-3-4-10-25-14-18(16-8-9-23-20(16)22(25)27)17-13-15(6-7-19(17)28-2)21(26)24-11-5-12-24/h3-4,6-7,13,16,18,20,23H,5,8-12,14H2,1-2H3/b4-3+. The molecule has 0 aliphatic carbocycles. The van der Waals surface area contributed by atoms with Gasteiger partial charge in [-0.05, 0) is 50.4 Å². The fourth-order valence-electron chi connectivity index (χ4n) is 4.67. The fraction of sp³-hybridized carbons (Fsp3) is 0.545. The molecule has 2 amide bonds. The molecule has 0 radical (unpaired) electrons. The number of likely N-dealkylation sites (tertiary alicyclic amines) is 2. The highest BCUT2D eigenvalue weighted by Gasteiger charge is 2.46. The van der Waals surface area contributed by atoms with E-state index in [4.69, 9.17) is 4.74 Å². The zero-order valence-electron chi connectivity index (χ0n) is 16.7. The number of hydrogen-bond donors (Lipinski definition) is 1. The molecule has 3 fully saturated rings. The molecule has 3 aliphatic rings. The van der Waals surface area contributed by atoms with E-state index in [1.54, 1.807) is 7.11 Å². The molecule has 0 saturated carbocycles. The van der Waals surface area contributed by atoms with Crippen molar-refractivity contribution >= 4 is 11.8 Å². The van der Waals surface area contributed by atoms with Gasteiger partial charge in [0.1, 0.15) is 5.75 Å². The summed E-state index contributed by atoms with van der Waals surface area (Å²) < 4.78 is 5.66. The van der Waals surface area contributed by atoms with Gasteiger partial charge in [-0.3, -0.25) is 9.59 Å². The summed E-state index contributed by atoms with van der Waals surface area (Å²) in [6.07, 6.45) is 6.04. The molecule has 3 atom stereocenters. The molecule has 1 aromatic rings. The van der Waals surface area contributed by atoms with E-state index in [-0.39, 0.29) is 29.7 Å². The zero-order valence-corrected chi connectivity index (χ0v) is 16.7. The number of nitrogens with zero attached hydrogens (tertiary/aromatic N) is 2. The Bertz CT molecular complexity index is 787. The van der Waals surface area contributed by atoms with Crippen molar-refractivity contribution < 1.29 is 14.3 Å². The van der Waals surface area contributed by atoms with E-state index in [1.807, 2.05) is 47.1 Å². The Balaban J connectivity index is 1.68. The monoisotopic (exact) mass is 383 g/mol. The molecule has 28 heavy (non-hydrogen) atoms. The van der Waals surface area contributed by atoms with Crippen molar-refractivity contribution in [3.05, 3.63) is 41.5 Å². The second kappa shape index (κ2) is 7.95. The van der Waals surface area contributed by atoms with Crippen LogP contribution in [0.4, 0.5) is 0 Å². The summed E-state index contributed by atoms with van der Waals surface area (Å²) in [5, 5.41) is 3.39. The van der Waals surface area contributed by atoms with Gasteiger partial charge < -0.3 is 19.9 Å². The van der Waals surface area contributed by atoms with Crippen LogP contribution in [0, 0.1) is 5.92 Å². The first-order chi connectivity index (χ1) is 13.6. The Morgan fingerprint density at radius 1 is 1.36 bits per heavy atom. The fourth-order valence-corrected chi connectivity index (χ4v) is 4.67. The summed E-state index contributed by atoms with van der Waals surface area (Å²) in [7, 11) is 1.67. The summed E-state index contributed by atoms with van der Waals surface area (Å²) in [4.78, 5) is 29.4. The van der Waals surface area contributed by atoms with Crippen molar-refractivity contribution in [2.24, 2.45) is 5.92 Å². The molecule has 150 valence electrons. The molecule has 3 aliphatic heterocycles. The molecule has 0 bridgehead atoms. The summed E-state index contributed by atoms with van der Waals surface area (Å²) in [5.41, 5.74) is 1.76. The van der Waals surface area contributed by atoms with E-state index in [9.17, 15) is 9.59 Å². The maximum Gasteiger partial charge on any atom is 0.253 e. The maximum atomic E-state index is 12.9. The van der Waals surface area contributed by atoms with Crippen LogP contribution in [0.2, 0.25) is 0 Å². The van der Waals surface area contributed by atoms with Crippen molar-refractivity contribution in [2.45, 2.75) is 31.7 Å². The lowest BCUT2D eigenvalue weighted by Gasteiger charge is -2.40. The van der Waals surface area contributed by atoms with Crippen molar-refractivity contribution in [2.75, 3.05) is 39.8 Å². The molecule has 3 heterocycles. The van der Waals surface area contributed by atoms with Crippen molar-refractivity contribution in [1.29, 1.82) is 0 Å². The smallest absolute Gasteiger partial charge is 0.253 e. The summed E-state index contributed by atoms with van der Waals surface area (Å²) >= 11 is 0. The Morgan fingerprint density at radius 2 is 2.18 bits per heavy atom. The van der Waals surface area contributed by atoms with E-state index in [0.717, 1.165) is 49.4 Å². The van der Waals surface area contributed by atoms with Gasteiger partial charge in [0.05, 0.1) is 13.2 Å². The minimum absolute atomic E-state index is 0.0916. The van der Waals surface area contributed by atoms with Crippen molar-refractivity contribution in [1.82, 2.24) is 15.1 Å². The normalized spacial score (nSPS) is 27.1. The lowest BCUT2D eigenvalue weighted by atomic mass is 9.77. The number of hydrogen-bond acceptors (Lipinski definition) is 4. The van der Waals surface area contributed by atoms with E-state index in [1.165, 1.54) is 0 Å². The first-order valence-electron chi connectivity index (χ1n) is 10.2. The molecule has 3 saturated heterocycles. The quantitative estimate of drug-likeness (QED) is 0.791.